The molecule has 0 bridgehead atoms. The highest BCUT2D eigenvalue weighted by Crippen LogP contribution is 2.25. The highest BCUT2D eigenvalue weighted by atomic mass is 79.9. The van der Waals surface area contributed by atoms with Gasteiger partial charge in [0.25, 0.3) is 0 Å². The van der Waals surface area contributed by atoms with E-state index < -0.39 is 0 Å². The quantitative estimate of drug-likeness (QED) is 0.861. The molecule has 0 radical (unpaired) electrons. The summed E-state index contributed by atoms with van der Waals surface area (Å²) in [7, 11) is 0. The molecular formula is C15H16BrNO. The van der Waals surface area contributed by atoms with Gasteiger partial charge in [-0.2, -0.15) is 0 Å². The lowest BCUT2D eigenvalue weighted by atomic mass is 10.1. The number of rotatable bonds is 3. The standard InChI is InChI=1S/C15H16BrNO/c1-10-6-11(2)8-13(7-10)18-9-12-4-3-5-14(17)15(12)16/h3-8H,9,17H2,1-2H3. The number of benzene rings is 2. The van der Waals surface area contributed by atoms with E-state index in [2.05, 4.69) is 35.8 Å². The third kappa shape index (κ3) is 3.05. The fourth-order valence-corrected chi connectivity index (χ4v) is 2.27. The van der Waals surface area contributed by atoms with Gasteiger partial charge < -0.3 is 10.5 Å². The number of ether oxygens (including phenoxy) is 1. The molecule has 18 heavy (non-hydrogen) atoms. The largest absolute Gasteiger partial charge is 0.489 e. The molecule has 3 heteroatoms. The van der Waals surface area contributed by atoms with Crippen LogP contribution in [-0.4, -0.2) is 0 Å². The first-order valence-electron chi connectivity index (χ1n) is 5.80. The Labute approximate surface area is 116 Å². The molecule has 0 aliphatic rings. The first kappa shape index (κ1) is 13.0. The van der Waals surface area contributed by atoms with Crippen LogP contribution in [0.3, 0.4) is 0 Å². The topological polar surface area (TPSA) is 35.2 Å². The van der Waals surface area contributed by atoms with E-state index in [1.165, 1.54) is 11.1 Å². The van der Waals surface area contributed by atoms with Gasteiger partial charge in [0.1, 0.15) is 12.4 Å². The van der Waals surface area contributed by atoms with Crippen molar-refractivity contribution in [3.05, 3.63) is 57.6 Å². The van der Waals surface area contributed by atoms with Crippen molar-refractivity contribution >= 4 is 21.6 Å². The van der Waals surface area contributed by atoms with E-state index in [1.807, 2.05) is 30.3 Å². The number of halogens is 1. The third-order valence-corrected chi connectivity index (χ3v) is 3.67. The van der Waals surface area contributed by atoms with Gasteiger partial charge in [-0.25, -0.2) is 0 Å². The van der Waals surface area contributed by atoms with Crippen molar-refractivity contribution in [3.8, 4) is 5.75 Å². The van der Waals surface area contributed by atoms with Crippen LogP contribution in [0.4, 0.5) is 5.69 Å². The fraction of sp³-hybridized carbons (Fsp3) is 0.200. The maximum atomic E-state index is 5.84. The number of anilines is 1. The molecule has 0 heterocycles. The molecule has 0 atom stereocenters. The molecular weight excluding hydrogens is 290 g/mol. The van der Waals surface area contributed by atoms with Gasteiger partial charge in [0, 0.05) is 15.7 Å². The Balaban J connectivity index is 2.14. The van der Waals surface area contributed by atoms with Gasteiger partial charge in [-0.05, 0) is 59.1 Å². The number of nitrogen functional groups attached to an aromatic ring is 1. The molecule has 94 valence electrons. The molecule has 0 saturated carbocycles. The highest BCUT2D eigenvalue weighted by Gasteiger charge is 2.04. The minimum Gasteiger partial charge on any atom is -0.489 e. The average molecular weight is 306 g/mol. The summed E-state index contributed by atoms with van der Waals surface area (Å²) in [6.45, 7) is 4.64. The van der Waals surface area contributed by atoms with Crippen molar-refractivity contribution in [3.63, 3.8) is 0 Å². The molecule has 0 aliphatic carbocycles. The minimum atomic E-state index is 0.508. The molecule has 0 spiro atoms. The van der Waals surface area contributed by atoms with Crippen LogP contribution in [0.15, 0.2) is 40.9 Å². The Hall–Kier alpha value is -1.48. The van der Waals surface area contributed by atoms with E-state index in [-0.39, 0.29) is 0 Å². The lowest BCUT2D eigenvalue weighted by molar-refractivity contribution is 0.305. The Morgan fingerprint density at radius 1 is 1.11 bits per heavy atom. The maximum Gasteiger partial charge on any atom is 0.120 e. The minimum absolute atomic E-state index is 0.508. The van der Waals surface area contributed by atoms with Crippen LogP contribution in [0, 0.1) is 13.8 Å². The molecule has 2 nitrogen and oxygen atoms in total. The summed E-state index contributed by atoms with van der Waals surface area (Å²) in [4.78, 5) is 0. The van der Waals surface area contributed by atoms with Crippen molar-refractivity contribution < 1.29 is 4.74 Å². The Morgan fingerprint density at radius 2 is 1.78 bits per heavy atom. The molecule has 2 N–H and O–H groups in total. The zero-order valence-electron chi connectivity index (χ0n) is 10.5. The van der Waals surface area contributed by atoms with Crippen LogP contribution in [0.2, 0.25) is 0 Å². The summed E-state index contributed by atoms with van der Waals surface area (Å²) in [5.41, 5.74) is 10.0. The molecule has 2 aromatic rings. The Bertz CT molecular complexity index is 546. The van der Waals surface area contributed by atoms with Crippen molar-refractivity contribution in [2.75, 3.05) is 5.73 Å². The second-order valence-corrected chi connectivity index (χ2v) is 5.23. The van der Waals surface area contributed by atoms with Crippen LogP contribution in [0.25, 0.3) is 0 Å². The molecule has 0 unspecified atom stereocenters. The molecule has 0 saturated heterocycles. The van der Waals surface area contributed by atoms with Crippen molar-refractivity contribution in [1.29, 1.82) is 0 Å². The van der Waals surface area contributed by atoms with Crippen LogP contribution < -0.4 is 10.5 Å². The van der Waals surface area contributed by atoms with E-state index >= 15 is 0 Å². The van der Waals surface area contributed by atoms with Crippen LogP contribution in [0.5, 0.6) is 5.75 Å². The molecule has 0 aliphatic heterocycles. The van der Waals surface area contributed by atoms with E-state index in [4.69, 9.17) is 10.5 Å². The van der Waals surface area contributed by atoms with Gasteiger partial charge in [-0.3, -0.25) is 0 Å². The lowest BCUT2D eigenvalue weighted by Gasteiger charge is -2.10. The lowest BCUT2D eigenvalue weighted by Crippen LogP contribution is -1.99. The predicted molar refractivity (Wildman–Crippen MR) is 78.8 cm³/mol. The predicted octanol–water partition coefficient (Wildman–Crippen LogP) is 4.23. The first-order chi connectivity index (χ1) is 8.56. The zero-order valence-corrected chi connectivity index (χ0v) is 12.1. The van der Waals surface area contributed by atoms with Gasteiger partial charge in [0.2, 0.25) is 0 Å². The maximum absolute atomic E-state index is 5.84. The number of hydrogen-bond donors (Lipinski definition) is 1. The molecule has 0 aromatic heterocycles. The Morgan fingerprint density at radius 3 is 2.44 bits per heavy atom. The van der Waals surface area contributed by atoms with Gasteiger partial charge >= 0.3 is 0 Å². The van der Waals surface area contributed by atoms with E-state index in [1.54, 1.807) is 0 Å². The molecule has 2 aromatic carbocycles. The second-order valence-electron chi connectivity index (χ2n) is 4.43. The molecule has 0 fully saturated rings. The van der Waals surface area contributed by atoms with Crippen molar-refractivity contribution in [2.45, 2.75) is 20.5 Å². The van der Waals surface area contributed by atoms with Gasteiger partial charge in [0.15, 0.2) is 0 Å². The second kappa shape index (κ2) is 5.44. The van der Waals surface area contributed by atoms with Crippen LogP contribution >= 0.6 is 15.9 Å². The molecule has 0 amide bonds. The van der Waals surface area contributed by atoms with Crippen molar-refractivity contribution in [1.82, 2.24) is 0 Å². The van der Waals surface area contributed by atoms with Crippen LogP contribution in [0.1, 0.15) is 16.7 Å². The number of nitrogens with two attached hydrogens (primary N) is 1. The summed E-state index contributed by atoms with van der Waals surface area (Å²) < 4.78 is 6.72. The fourth-order valence-electron chi connectivity index (χ4n) is 1.89. The average Bonchev–Trinajstić information content (AvgIpc) is 2.30. The summed E-state index contributed by atoms with van der Waals surface area (Å²) >= 11 is 3.48. The summed E-state index contributed by atoms with van der Waals surface area (Å²) in [6, 6.07) is 12.0. The Kier molecular flexibility index (Phi) is 3.92. The van der Waals surface area contributed by atoms with Crippen molar-refractivity contribution in [2.24, 2.45) is 0 Å². The molecule has 2 rings (SSSR count). The normalized spacial score (nSPS) is 10.4. The number of hydrogen-bond acceptors (Lipinski definition) is 2. The van der Waals surface area contributed by atoms with E-state index in [9.17, 15) is 0 Å². The summed E-state index contributed by atoms with van der Waals surface area (Å²) in [6.07, 6.45) is 0. The smallest absolute Gasteiger partial charge is 0.120 e. The summed E-state index contributed by atoms with van der Waals surface area (Å²) in [5, 5.41) is 0. The van der Waals surface area contributed by atoms with Gasteiger partial charge in [-0.15, -0.1) is 0 Å². The van der Waals surface area contributed by atoms with E-state index in [0.29, 0.717) is 6.61 Å². The monoisotopic (exact) mass is 305 g/mol. The SMILES string of the molecule is Cc1cc(C)cc(OCc2cccc(N)c2Br)c1. The zero-order chi connectivity index (χ0) is 13.1. The first-order valence-corrected chi connectivity index (χ1v) is 6.59. The summed E-state index contributed by atoms with van der Waals surface area (Å²) in [5.74, 6) is 0.891. The van der Waals surface area contributed by atoms with E-state index in [0.717, 1.165) is 21.5 Å². The van der Waals surface area contributed by atoms with Gasteiger partial charge in [0.05, 0.1) is 0 Å². The van der Waals surface area contributed by atoms with Crippen LogP contribution in [-0.2, 0) is 6.61 Å². The third-order valence-electron chi connectivity index (χ3n) is 2.70. The highest BCUT2D eigenvalue weighted by molar-refractivity contribution is 9.10. The van der Waals surface area contributed by atoms with Gasteiger partial charge in [-0.1, -0.05) is 18.2 Å². The number of aryl methyl sites for hydroxylation is 2.